The Bertz CT molecular complexity index is 720. The number of carboxylic acids is 1. The van der Waals surface area contributed by atoms with Crippen molar-refractivity contribution < 1.29 is 14.7 Å². The third-order valence-electron chi connectivity index (χ3n) is 4.29. The van der Waals surface area contributed by atoms with E-state index in [0.717, 1.165) is 24.2 Å². The quantitative estimate of drug-likeness (QED) is 0.473. The molecule has 0 aromatic carbocycles. The molecule has 0 fully saturated rings. The Hall–Kier alpha value is -2.06. The zero-order valence-corrected chi connectivity index (χ0v) is 17.7. The van der Waals surface area contributed by atoms with Gasteiger partial charge in [-0.2, -0.15) is 0 Å². The number of hydrogen-bond donors (Lipinski definition) is 2. The maximum absolute atomic E-state index is 12.3. The highest BCUT2D eigenvalue weighted by atomic mass is 32.1. The summed E-state index contributed by atoms with van der Waals surface area (Å²) in [5.74, 6) is 4.59. The van der Waals surface area contributed by atoms with Gasteiger partial charge in [0.1, 0.15) is 4.88 Å². The zero-order chi connectivity index (χ0) is 20.2. The molecule has 5 heteroatoms. The predicted octanol–water partition coefficient (Wildman–Crippen LogP) is 6.09. The molecule has 1 atom stereocenters. The van der Waals surface area contributed by atoms with Gasteiger partial charge in [-0.3, -0.25) is 4.79 Å². The summed E-state index contributed by atoms with van der Waals surface area (Å²) in [6.45, 7) is 8.42. The van der Waals surface area contributed by atoms with Crippen LogP contribution in [0.5, 0.6) is 0 Å². The Kier molecular flexibility index (Phi) is 10.5. The van der Waals surface area contributed by atoms with Crippen molar-refractivity contribution in [2.75, 3.05) is 5.32 Å². The standard InChI is InChI=1S/C17H19NO3S.C5H12/c1-3-4-5-13-10-14(15(22-13)17(20)21)18-16(19)12-8-6-11(2)7-9-12;1-3-5-4-2/h6,10,12H,3,7-9H2,1-2H3,(H,18,19)(H,20,21);3-5H2,1-2H3. The molecule has 1 aliphatic carbocycles. The van der Waals surface area contributed by atoms with Crippen LogP contribution in [0.4, 0.5) is 5.69 Å². The van der Waals surface area contributed by atoms with Crippen molar-refractivity contribution in [1.29, 1.82) is 0 Å². The maximum Gasteiger partial charge on any atom is 0.348 e. The molecule has 1 heterocycles. The smallest absolute Gasteiger partial charge is 0.348 e. The second kappa shape index (κ2) is 12.3. The number of carboxylic acid groups (broad SMARTS) is 1. The van der Waals surface area contributed by atoms with Crippen molar-refractivity contribution in [2.24, 2.45) is 5.92 Å². The monoisotopic (exact) mass is 389 g/mol. The van der Waals surface area contributed by atoms with E-state index in [0.29, 0.717) is 23.4 Å². The van der Waals surface area contributed by atoms with Gasteiger partial charge in [-0.1, -0.05) is 63.5 Å². The van der Waals surface area contributed by atoms with E-state index >= 15 is 0 Å². The molecular formula is C22H31NO3S. The molecule has 2 N–H and O–H groups in total. The van der Waals surface area contributed by atoms with Crippen LogP contribution in [-0.4, -0.2) is 17.0 Å². The number of hydrogen-bond acceptors (Lipinski definition) is 3. The minimum absolute atomic E-state index is 0.0876. The zero-order valence-electron chi connectivity index (χ0n) is 16.9. The Morgan fingerprint density at radius 3 is 2.48 bits per heavy atom. The van der Waals surface area contributed by atoms with Crippen LogP contribution in [0.25, 0.3) is 0 Å². The van der Waals surface area contributed by atoms with Gasteiger partial charge in [0.25, 0.3) is 0 Å². The van der Waals surface area contributed by atoms with E-state index in [9.17, 15) is 14.7 Å². The molecule has 1 aromatic rings. The Balaban J connectivity index is 0.000000646. The van der Waals surface area contributed by atoms with Gasteiger partial charge in [-0.05, 0) is 32.3 Å². The van der Waals surface area contributed by atoms with Gasteiger partial charge < -0.3 is 10.4 Å². The molecule has 0 spiro atoms. The number of aromatic carboxylic acids is 1. The Morgan fingerprint density at radius 2 is 2.00 bits per heavy atom. The average Bonchev–Trinajstić information content (AvgIpc) is 3.04. The Morgan fingerprint density at radius 1 is 1.30 bits per heavy atom. The predicted molar refractivity (Wildman–Crippen MR) is 113 cm³/mol. The molecule has 2 rings (SSSR count). The lowest BCUT2D eigenvalue weighted by molar-refractivity contribution is -0.120. The summed E-state index contributed by atoms with van der Waals surface area (Å²) < 4.78 is 0. The van der Waals surface area contributed by atoms with E-state index in [1.54, 1.807) is 6.07 Å². The van der Waals surface area contributed by atoms with Crippen molar-refractivity contribution in [1.82, 2.24) is 0 Å². The topological polar surface area (TPSA) is 66.4 Å². The molecule has 0 saturated heterocycles. The third kappa shape index (κ3) is 8.01. The number of thiophene rings is 1. The van der Waals surface area contributed by atoms with Crippen LogP contribution in [0.3, 0.4) is 0 Å². The molecule has 0 radical (unpaired) electrons. The molecule has 0 aliphatic heterocycles. The van der Waals surface area contributed by atoms with Crippen LogP contribution in [0.1, 0.15) is 87.2 Å². The van der Waals surface area contributed by atoms with E-state index in [1.807, 2.05) is 6.92 Å². The molecule has 1 aliphatic rings. The summed E-state index contributed by atoms with van der Waals surface area (Å²) in [5, 5.41) is 12.0. The van der Waals surface area contributed by atoms with E-state index in [-0.39, 0.29) is 16.7 Å². The molecule has 4 nitrogen and oxygen atoms in total. The maximum atomic E-state index is 12.3. The van der Waals surface area contributed by atoms with Crippen LogP contribution in [0.2, 0.25) is 0 Å². The highest BCUT2D eigenvalue weighted by molar-refractivity contribution is 7.15. The second-order valence-corrected chi connectivity index (χ2v) is 7.73. The molecule has 148 valence electrons. The van der Waals surface area contributed by atoms with Crippen molar-refractivity contribution in [3.63, 3.8) is 0 Å². The van der Waals surface area contributed by atoms with E-state index in [2.05, 4.69) is 44.0 Å². The van der Waals surface area contributed by atoms with E-state index < -0.39 is 5.97 Å². The average molecular weight is 390 g/mol. The van der Waals surface area contributed by atoms with Crippen LogP contribution in [0, 0.1) is 17.8 Å². The number of carbonyl (C=O) groups excluding carboxylic acids is 1. The largest absolute Gasteiger partial charge is 0.477 e. The Labute approximate surface area is 167 Å². The number of allylic oxidation sites excluding steroid dienone is 2. The summed E-state index contributed by atoms with van der Waals surface area (Å²) in [6, 6.07) is 1.65. The van der Waals surface area contributed by atoms with Crippen molar-refractivity contribution >= 4 is 28.9 Å². The van der Waals surface area contributed by atoms with Crippen LogP contribution >= 0.6 is 11.3 Å². The number of rotatable bonds is 5. The highest BCUT2D eigenvalue weighted by Gasteiger charge is 2.23. The summed E-state index contributed by atoms with van der Waals surface area (Å²) in [5.41, 5.74) is 1.66. The molecule has 1 amide bonds. The minimum atomic E-state index is -1.04. The van der Waals surface area contributed by atoms with Crippen LogP contribution in [0.15, 0.2) is 17.7 Å². The van der Waals surface area contributed by atoms with Gasteiger partial charge in [0, 0.05) is 12.3 Å². The first-order chi connectivity index (χ1) is 12.9. The van der Waals surface area contributed by atoms with Gasteiger partial charge >= 0.3 is 5.97 Å². The van der Waals surface area contributed by atoms with Crippen LogP contribution in [-0.2, 0) is 4.79 Å². The van der Waals surface area contributed by atoms with Gasteiger partial charge in [0.15, 0.2) is 0 Å². The normalized spacial score (nSPS) is 15.6. The first-order valence-corrected chi connectivity index (χ1v) is 10.6. The van der Waals surface area contributed by atoms with Gasteiger partial charge in [-0.25, -0.2) is 4.79 Å². The fourth-order valence-electron chi connectivity index (χ4n) is 2.67. The summed E-state index contributed by atoms with van der Waals surface area (Å²) >= 11 is 1.10. The van der Waals surface area contributed by atoms with Crippen molar-refractivity contribution in [3.8, 4) is 11.8 Å². The van der Waals surface area contributed by atoms with Gasteiger partial charge in [0.05, 0.1) is 10.6 Å². The molecule has 1 unspecified atom stereocenters. The molecule has 0 saturated carbocycles. The van der Waals surface area contributed by atoms with Gasteiger partial charge in [0.2, 0.25) is 5.91 Å². The second-order valence-electron chi connectivity index (χ2n) is 6.68. The first-order valence-electron chi connectivity index (χ1n) is 9.75. The summed E-state index contributed by atoms with van der Waals surface area (Å²) in [6.07, 6.45) is 9.30. The van der Waals surface area contributed by atoms with Crippen LogP contribution < -0.4 is 5.32 Å². The fourth-order valence-corrected chi connectivity index (χ4v) is 3.50. The third-order valence-corrected chi connectivity index (χ3v) is 5.33. The van der Waals surface area contributed by atoms with E-state index in [4.69, 9.17) is 0 Å². The summed E-state index contributed by atoms with van der Waals surface area (Å²) in [7, 11) is 0. The lowest BCUT2D eigenvalue weighted by atomic mass is 9.89. The number of unbranched alkanes of at least 4 members (excludes halogenated alkanes) is 2. The lowest BCUT2D eigenvalue weighted by Crippen LogP contribution is -2.24. The number of amides is 1. The van der Waals surface area contributed by atoms with Crippen molar-refractivity contribution in [3.05, 3.63) is 27.5 Å². The van der Waals surface area contributed by atoms with Gasteiger partial charge in [-0.15, -0.1) is 11.3 Å². The molecule has 0 bridgehead atoms. The first kappa shape index (κ1) is 23.0. The molecular weight excluding hydrogens is 358 g/mol. The molecule has 1 aromatic heterocycles. The lowest BCUT2D eigenvalue weighted by Gasteiger charge is -2.19. The fraction of sp³-hybridized carbons (Fsp3) is 0.545. The number of nitrogens with one attached hydrogen (secondary N) is 1. The number of anilines is 1. The van der Waals surface area contributed by atoms with Crippen molar-refractivity contribution in [2.45, 2.75) is 72.6 Å². The summed E-state index contributed by atoms with van der Waals surface area (Å²) in [4.78, 5) is 24.4. The number of carbonyl (C=O) groups is 2. The minimum Gasteiger partial charge on any atom is -0.477 e. The SMILES string of the molecule is CCC#Cc1cc(NC(=O)C2CC=C(C)CC2)c(C(=O)O)s1.CCCCC. The highest BCUT2D eigenvalue weighted by Crippen LogP contribution is 2.29. The molecule has 27 heavy (non-hydrogen) atoms. The van der Waals surface area contributed by atoms with E-state index in [1.165, 1.54) is 24.8 Å².